The maximum Gasteiger partial charge on any atom is 0.257 e. The van der Waals surface area contributed by atoms with Crippen LogP contribution in [0.3, 0.4) is 0 Å². The third-order valence-electron chi connectivity index (χ3n) is 5.11. The van der Waals surface area contributed by atoms with E-state index < -0.39 is 0 Å². The van der Waals surface area contributed by atoms with Gasteiger partial charge in [0.05, 0.1) is 11.3 Å². The maximum atomic E-state index is 13.3. The fourth-order valence-electron chi connectivity index (χ4n) is 3.65. The Morgan fingerprint density at radius 3 is 2.54 bits per heavy atom. The zero-order chi connectivity index (χ0) is 18.8. The molecule has 3 aromatic rings. The molecule has 1 fully saturated rings. The van der Waals surface area contributed by atoms with Crippen molar-refractivity contribution in [2.75, 3.05) is 13.1 Å². The lowest BCUT2D eigenvalue weighted by Crippen LogP contribution is -2.45. The summed E-state index contributed by atoms with van der Waals surface area (Å²) in [6, 6.07) is 18.0. The standard InChI is InChI=1S/C22H24N4O.ClH/c1-16-8-5-6-12-19(16)21-20(22(27)25-13-7-9-17(23)14-25)15-26(24-21)18-10-3-2-4-11-18;/h2-6,8,10-12,15,17H,7,9,13-14,23H2,1H3;1H. The number of hydrogen-bond donors (Lipinski definition) is 1. The van der Waals surface area contributed by atoms with Gasteiger partial charge in [0.2, 0.25) is 0 Å². The predicted molar refractivity (Wildman–Crippen MR) is 114 cm³/mol. The smallest absolute Gasteiger partial charge is 0.257 e. The molecule has 1 atom stereocenters. The number of benzene rings is 2. The largest absolute Gasteiger partial charge is 0.337 e. The number of carbonyl (C=O) groups excluding carboxylic acids is 1. The van der Waals surface area contributed by atoms with E-state index in [2.05, 4.69) is 0 Å². The van der Waals surface area contributed by atoms with Crippen LogP contribution >= 0.6 is 12.4 Å². The van der Waals surface area contributed by atoms with Gasteiger partial charge in [0.1, 0.15) is 5.69 Å². The Balaban J connectivity index is 0.00000225. The zero-order valence-corrected chi connectivity index (χ0v) is 16.7. The number of aryl methyl sites for hydroxylation is 1. The Kier molecular flexibility index (Phi) is 6.17. The number of rotatable bonds is 3. The highest BCUT2D eigenvalue weighted by Gasteiger charge is 2.27. The molecule has 1 aromatic heterocycles. The number of nitrogens with zero attached hydrogens (tertiary/aromatic N) is 3. The van der Waals surface area contributed by atoms with Crippen molar-refractivity contribution in [1.29, 1.82) is 0 Å². The summed E-state index contributed by atoms with van der Waals surface area (Å²) < 4.78 is 1.79. The molecular formula is C22H25ClN4O. The summed E-state index contributed by atoms with van der Waals surface area (Å²) in [5.74, 6) is 0.00517. The maximum absolute atomic E-state index is 13.3. The van der Waals surface area contributed by atoms with Crippen molar-refractivity contribution in [1.82, 2.24) is 14.7 Å². The van der Waals surface area contributed by atoms with E-state index in [0.29, 0.717) is 12.1 Å². The number of hydrogen-bond acceptors (Lipinski definition) is 3. The molecule has 2 aromatic carbocycles. The van der Waals surface area contributed by atoms with E-state index >= 15 is 0 Å². The van der Waals surface area contributed by atoms with Gasteiger partial charge in [0, 0.05) is 30.9 Å². The van der Waals surface area contributed by atoms with Crippen LogP contribution in [-0.4, -0.2) is 39.7 Å². The van der Waals surface area contributed by atoms with Gasteiger partial charge in [-0.2, -0.15) is 5.10 Å². The number of nitrogens with two attached hydrogens (primary N) is 1. The average molecular weight is 397 g/mol. The van der Waals surface area contributed by atoms with Gasteiger partial charge < -0.3 is 10.6 Å². The minimum atomic E-state index is 0. The minimum Gasteiger partial charge on any atom is -0.337 e. The zero-order valence-electron chi connectivity index (χ0n) is 15.9. The van der Waals surface area contributed by atoms with E-state index in [4.69, 9.17) is 10.8 Å². The van der Waals surface area contributed by atoms with Gasteiger partial charge in [-0.15, -0.1) is 12.4 Å². The molecule has 0 radical (unpaired) electrons. The van der Waals surface area contributed by atoms with Crippen LogP contribution in [0.2, 0.25) is 0 Å². The molecule has 5 nitrogen and oxygen atoms in total. The summed E-state index contributed by atoms with van der Waals surface area (Å²) in [7, 11) is 0. The van der Waals surface area contributed by atoms with Crippen LogP contribution in [0.25, 0.3) is 16.9 Å². The van der Waals surface area contributed by atoms with E-state index in [0.717, 1.165) is 41.9 Å². The van der Waals surface area contributed by atoms with Crippen molar-refractivity contribution in [3.8, 4) is 16.9 Å². The van der Waals surface area contributed by atoms with Crippen molar-refractivity contribution >= 4 is 18.3 Å². The van der Waals surface area contributed by atoms with Crippen LogP contribution in [0.1, 0.15) is 28.8 Å². The molecule has 0 spiro atoms. The van der Waals surface area contributed by atoms with Crippen LogP contribution in [0.15, 0.2) is 60.8 Å². The molecule has 146 valence electrons. The molecule has 4 rings (SSSR count). The lowest BCUT2D eigenvalue weighted by molar-refractivity contribution is 0.0709. The minimum absolute atomic E-state index is 0. The third kappa shape index (κ3) is 3.96. The number of aromatic nitrogens is 2. The SMILES string of the molecule is Cc1ccccc1-c1nn(-c2ccccc2)cc1C(=O)N1CCCC(N)C1.Cl. The lowest BCUT2D eigenvalue weighted by atomic mass is 10.0. The van der Waals surface area contributed by atoms with Crippen LogP contribution in [0.5, 0.6) is 0 Å². The quantitative estimate of drug-likeness (QED) is 0.731. The van der Waals surface area contributed by atoms with Gasteiger partial charge in [-0.1, -0.05) is 42.5 Å². The summed E-state index contributed by atoms with van der Waals surface area (Å²) in [5, 5.41) is 4.78. The Morgan fingerprint density at radius 2 is 1.82 bits per heavy atom. The fraction of sp³-hybridized carbons (Fsp3) is 0.273. The first-order valence-corrected chi connectivity index (χ1v) is 9.39. The first kappa shape index (κ1) is 20.1. The normalized spacial score (nSPS) is 16.5. The Morgan fingerprint density at radius 1 is 1.11 bits per heavy atom. The van der Waals surface area contributed by atoms with E-state index in [1.54, 1.807) is 4.68 Å². The highest BCUT2D eigenvalue weighted by Crippen LogP contribution is 2.28. The Bertz CT molecular complexity index is 954. The molecule has 1 saturated heterocycles. The monoisotopic (exact) mass is 396 g/mol. The predicted octanol–water partition coefficient (Wildman–Crippen LogP) is 3.83. The summed E-state index contributed by atoms with van der Waals surface area (Å²) in [6.45, 7) is 3.39. The molecule has 1 aliphatic rings. The van der Waals surface area contributed by atoms with E-state index in [-0.39, 0.29) is 24.4 Å². The van der Waals surface area contributed by atoms with Crippen LogP contribution in [0.4, 0.5) is 0 Å². The molecule has 6 heteroatoms. The number of carbonyl (C=O) groups is 1. The van der Waals surface area contributed by atoms with Gasteiger partial charge in [0.15, 0.2) is 0 Å². The van der Waals surface area contributed by atoms with Crippen molar-refractivity contribution in [3.63, 3.8) is 0 Å². The number of piperidine rings is 1. The van der Waals surface area contributed by atoms with Gasteiger partial charge >= 0.3 is 0 Å². The molecule has 28 heavy (non-hydrogen) atoms. The van der Waals surface area contributed by atoms with Crippen molar-refractivity contribution in [2.45, 2.75) is 25.8 Å². The lowest BCUT2D eigenvalue weighted by Gasteiger charge is -2.30. The summed E-state index contributed by atoms with van der Waals surface area (Å²) >= 11 is 0. The number of likely N-dealkylation sites (tertiary alicyclic amines) is 1. The third-order valence-corrected chi connectivity index (χ3v) is 5.11. The highest BCUT2D eigenvalue weighted by atomic mass is 35.5. The topological polar surface area (TPSA) is 64.2 Å². The average Bonchev–Trinajstić information content (AvgIpc) is 3.13. The fourth-order valence-corrected chi connectivity index (χ4v) is 3.65. The second-order valence-electron chi connectivity index (χ2n) is 7.14. The highest BCUT2D eigenvalue weighted by molar-refractivity contribution is 6.00. The first-order valence-electron chi connectivity index (χ1n) is 9.39. The second kappa shape index (κ2) is 8.59. The summed E-state index contributed by atoms with van der Waals surface area (Å²) in [4.78, 5) is 15.2. The summed E-state index contributed by atoms with van der Waals surface area (Å²) in [6.07, 6.45) is 3.76. The molecule has 1 amide bonds. The van der Waals surface area contributed by atoms with Gasteiger partial charge in [-0.3, -0.25) is 4.79 Å². The molecule has 2 heterocycles. The Hall–Kier alpha value is -2.63. The molecule has 1 aliphatic heterocycles. The Labute approximate surface area is 171 Å². The number of halogens is 1. The molecule has 2 N–H and O–H groups in total. The molecule has 0 bridgehead atoms. The van der Waals surface area contributed by atoms with Crippen molar-refractivity contribution in [3.05, 3.63) is 71.9 Å². The van der Waals surface area contributed by atoms with E-state index in [1.807, 2.05) is 72.6 Å². The van der Waals surface area contributed by atoms with Gasteiger partial charge in [0.25, 0.3) is 5.91 Å². The molecule has 1 unspecified atom stereocenters. The second-order valence-corrected chi connectivity index (χ2v) is 7.14. The molecule has 0 aliphatic carbocycles. The molecule has 0 saturated carbocycles. The van der Waals surface area contributed by atoms with E-state index in [9.17, 15) is 4.79 Å². The molecular weight excluding hydrogens is 372 g/mol. The number of para-hydroxylation sites is 1. The first-order chi connectivity index (χ1) is 13.1. The van der Waals surface area contributed by atoms with Crippen LogP contribution in [-0.2, 0) is 0 Å². The van der Waals surface area contributed by atoms with Crippen LogP contribution < -0.4 is 5.73 Å². The van der Waals surface area contributed by atoms with Crippen LogP contribution in [0, 0.1) is 6.92 Å². The van der Waals surface area contributed by atoms with Gasteiger partial charge in [-0.05, 0) is 37.5 Å². The number of amides is 1. The van der Waals surface area contributed by atoms with Crippen molar-refractivity contribution < 1.29 is 4.79 Å². The van der Waals surface area contributed by atoms with Gasteiger partial charge in [-0.25, -0.2) is 4.68 Å². The summed E-state index contributed by atoms with van der Waals surface area (Å²) in [5.41, 5.74) is 10.5. The van der Waals surface area contributed by atoms with Crippen molar-refractivity contribution in [2.24, 2.45) is 5.73 Å². The van der Waals surface area contributed by atoms with E-state index in [1.165, 1.54) is 0 Å².